The lowest BCUT2D eigenvalue weighted by molar-refractivity contribution is -0.137. The third-order valence-electron chi connectivity index (χ3n) is 2.71. The average Bonchev–Trinajstić information content (AvgIpc) is 2.80. The summed E-state index contributed by atoms with van der Waals surface area (Å²) in [6.07, 6.45) is -3.07. The molecule has 23 heavy (non-hydrogen) atoms. The van der Waals surface area contributed by atoms with Crippen LogP contribution in [0.1, 0.15) is 5.56 Å². The van der Waals surface area contributed by atoms with Crippen LogP contribution in [-0.2, 0) is 16.0 Å². The van der Waals surface area contributed by atoms with Gasteiger partial charge in [-0.1, -0.05) is 23.2 Å². The topological polar surface area (TPSA) is 81.4 Å². The maximum atomic E-state index is 12.7. The Bertz CT molecular complexity index is 871. The molecule has 0 aliphatic carbocycles. The monoisotopic (exact) mass is 387 g/mol. The van der Waals surface area contributed by atoms with Gasteiger partial charge in [-0.05, 0) is 17.3 Å². The largest absolute Gasteiger partial charge is 0.416 e. The van der Waals surface area contributed by atoms with E-state index in [-0.39, 0.29) is 5.69 Å². The number of sulfone groups is 1. The second-order valence-corrected chi connectivity index (χ2v) is 7.14. The van der Waals surface area contributed by atoms with E-state index in [0.29, 0.717) is 16.8 Å². The molecule has 0 saturated heterocycles. The highest BCUT2D eigenvalue weighted by Gasteiger charge is 2.33. The molecule has 12 heteroatoms. The molecule has 124 valence electrons. The summed E-state index contributed by atoms with van der Waals surface area (Å²) in [5.74, 6) is 0. The van der Waals surface area contributed by atoms with Crippen LogP contribution < -0.4 is 0 Å². The average molecular weight is 388 g/mol. The third kappa shape index (κ3) is 3.33. The summed E-state index contributed by atoms with van der Waals surface area (Å²) in [6, 6.07) is 1.15. The predicted octanol–water partition coefficient (Wildman–Crippen LogP) is 4.00. The van der Waals surface area contributed by atoms with Crippen LogP contribution in [0.25, 0.3) is 5.69 Å². The summed E-state index contributed by atoms with van der Waals surface area (Å²) in [4.78, 5) is 10.7. The van der Waals surface area contributed by atoms with E-state index in [4.69, 9.17) is 23.2 Å². The number of alkyl halides is 3. The zero-order chi connectivity index (χ0) is 17.6. The Hall–Kier alpha value is -1.65. The molecule has 0 atom stereocenters. The van der Waals surface area contributed by atoms with Gasteiger partial charge in [-0.2, -0.15) is 18.3 Å². The maximum Gasteiger partial charge on any atom is 0.416 e. The number of halogens is 5. The summed E-state index contributed by atoms with van der Waals surface area (Å²) >= 11 is 11.6. The van der Waals surface area contributed by atoms with Gasteiger partial charge in [0.2, 0.25) is 0 Å². The Balaban J connectivity index is 2.80. The van der Waals surface area contributed by atoms with Gasteiger partial charge in [0.15, 0.2) is 20.6 Å². The van der Waals surface area contributed by atoms with E-state index in [2.05, 4.69) is 10.3 Å². The van der Waals surface area contributed by atoms with Crippen LogP contribution in [0.4, 0.5) is 18.9 Å². The molecular formula is C11H6Cl2F3N3O3S. The molecule has 0 unspecified atom stereocenters. The number of aromatic nitrogens is 2. The second kappa shape index (κ2) is 5.77. The van der Waals surface area contributed by atoms with Crippen molar-refractivity contribution in [3.05, 3.63) is 38.8 Å². The third-order valence-corrected chi connectivity index (χ3v) is 4.37. The van der Waals surface area contributed by atoms with Gasteiger partial charge in [-0.3, -0.25) is 0 Å². The molecule has 1 aromatic heterocycles. The van der Waals surface area contributed by atoms with Gasteiger partial charge in [0.1, 0.15) is 5.69 Å². The van der Waals surface area contributed by atoms with Gasteiger partial charge >= 0.3 is 6.18 Å². The van der Waals surface area contributed by atoms with Crippen molar-refractivity contribution in [3.8, 4) is 5.69 Å². The first-order valence-corrected chi connectivity index (χ1v) is 8.29. The zero-order valence-electron chi connectivity index (χ0n) is 11.1. The Kier molecular flexibility index (Phi) is 4.44. The fourth-order valence-electron chi connectivity index (χ4n) is 1.83. The van der Waals surface area contributed by atoms with Crippen LogP contribution >= 0.6 is 23.2 Å². The molecule has 0 fully saturated rings. The fourth-order valence-corrected chi connectivity index (χ4v) is 3.40. The standard InChI is InChI=1S/C11H6Cl2F3N3O3S/c1-23(21,22)10-8(18-20)4-17-19(10)9-6(12)2-5(3-7(9)13)11(14,15)16/h2-4H,1H3. The minimum atomic E-state index is -4.69. The lowest BCUT2D eigenvalue weighted by Crippen LogP contribution is -2.11. The number of nitrogens with zero attached hydrogens (tertiary/aromatic N) is 3. The Morgan fingerprint density at radius 2 is 1.74 bits per heavy atom. The molecule has 0 amide bonds. The molecule has 1 heterocycles. The first kappa shape index (κ1) is 17.7. The van der Waals surface area contributed by atoms with Crippen molar-refractivity contribution in [1.29, 1.82) is 0 Å². The molecule has 0 spiro atoms. The van der Waals surface area contributed by atoms with Crippen LogP contribution in [0.3, 0.4) is 0 Å². The molecule has 1 aromatic carbocycles. The quantitative estimate of drug-likeness (QED) is 0.745. The van der Waals surface area contributed by atoms with Crippen LogP contribution in [0, 0.1) is 4.91 Å². The number of benzene rings is 1. The van der Waals surface area contributed by atoms with Crippen molar-refractivity contribution < 1.29 is 21.6 Å². The highest BCUT2D eigenvalue weighted by molar-refractivity contribution is 7.90. The van der Waals surface area contributed by atoms with Crippen LogP contribution in [0.2, 0.25) is 10.0 Å². The molecule has 2 rings (SSSR count). The second-order valence-electron chi connectivity index (χ2n) is 4.40. The van der Waals surface area contributed by atoms with E-state index in [1.165, 1.54) is 0 Å². The lowest BCUT2D eigenvalue weighted by atomic mass is 10.2. The molecule has 0 radical (unpaired) electrons. The molecule has 0 aliphatic heterocycles. The summed E-state index contributed by atoms with van der Waals surface area (Å²) in [6.45, 7) is 0. The van der Waals surface area contributed by atoms with Gasteiger partial charge in [-0.25, -0.2) is 13.1 Å². The van der Waals surface area contributed by atoms with Crippen LogP contribution in [-0.4, -0.2) is 24.5 Å². The SMILES string of the molecule is CS(=O)(=O)c1c(N=O)cnn1-c1c(Cl)cc(C(F)(F)F)cc1Cl. The number of hydrogen-bond acceptors (Lipinski definition) is 5. The van der Waals surface area contributed by atoms with Crippen molar-refractivity contribution in [2.75, 3.05) is 6.26 Å². The van der Waals surface area contributed by atoms with Gasteiger partial charge < -0.3 is 0 Å². The zero-order valence-corrected chi connectivity index (χ0v) is 13.4. The molecule has 2 aromatic rings. The van der Waals surface area contributed by atoms with Crippen molar-refractivity contribution >= 4 is 38.7 Å². The van der Waals surface area contributed by atoms with E-state index in [0.717, 1.165) is 12.5 Å². The van der Waals surface area contributed by atoms with Crippen molar-refractivity contribution in [3.63, 3.8) is 0 Å². The Labute approximate surface area is 137 Å². The molecule has 0 N–H and O–H groups in total. The Morgan fingerprint density at radius 3 is 2.13 bits per heavy atom. The molecule has 0 aliphatic rings. The summed E-state index contributed by atoms with van der Waals surface area (Å²) < 4.78 is 62.4. The van der Waals surface area contributed by atoms with Gasteiger partial charge in [-0.15, -0.1) is 4.91 Å². The summed E-state index contributed by atoms with van der Waals surface area (Å²) in [5, 5.41) is 4.54. The highest BCUT2D eigenvalue weighted by Crippen LogP contribution is 2.39. The normalized spacial score (nSPS) is 12.4. The van der Waals surface area contributed by atoms with Crippen LogP contribution in [0.5, 0.6) is 0 Å². The Morgan fingerprint density at radius 1 is 1.22 bits per heavy atom. The minimum absolute atomic E-state index is 0.309. The van der Waals surface area contributed by atoms with E-state index in [1.807, 2.05) is 0 Å². The van der Waals surface area contributed by atoms with Gasteiger partial charge in [0, 0.05) is 6.26 Å². The predicted molar refractivity (Wildman–Crippen MR) is 77.2 cm³/mol. The summed E-state index contributed by atoms with van der Waals surface area (Å²) in [5.41, 5.74) is -1.94. The molecule has 0 saturated carbocycles. The van der Waals surface area contributed by atoms with Gasteiger partial charge in [0.25, 0.3) is 0 Å². The van der Waals surface area contributed by atoms with E-state index < -0.39 is 42.3 Å². The highest BCUT2D eigenvalue weighted by atomic mass is 35.5. The van der Waals surface area contributed by atoms with Crippen molar-refractivity contribution in [2.45, 2.75) is 11.2 Å². The molecule has 6 nitrogen and oxygen atoms in total. The number of hydrogen-bond donors (Lipinski definition) is 0. The number of nitroso groups, excluding NO2 is 1. The van der Waals surface area contributed by atoms with E-state index in [1.54, 1.807) is 0 Å². The van der Waals surface area contributed by atoms with E-state index in [9.17, 15) is 26.5 Å². The first-order valence-electron chi connectivity index (χ1n) is 5.65. The van der Waals surface area contributed by atoms with Gasteiger partial charge in [0.05, 0.1) is 21.8 Å². The lowest BCUT2D eigenvalue weighted by Gasteiger charge is -2.13. The number of rotatable bonds is 3. The molecular weight excluding hydrogens is 382 g/mol. The smallest absolute Gasteiger partial charge is 0.222 e. The van der Waals surface area contributed by atoms with Crippen LogP contribution in [0.15, 0.2) is 28.5 Å². The maximum absolute atomic E-state index is 12.7. The fraction of sp³-hybridized carbons (Fsp3) is 0.182. The van der Waals surface area contributed by atoms with Crippen molar-refractivity contribution in [2.24, 2.45) is 5.18 Å². The van der Waals surface area contributed by atoms with E-state index >= 15 is 0 Å². The molecule has 0 bridgehead atoms. The summed E-state index contributed by atoms with van der Waals surface area (Å²) in [7, 11) is -3.99. The first-order chi connectivity index (χ1) is 10.5. The van der Waals surface area contributed by atoms with Crippen molar-refractivity contribution in [1.82, 2.24) is 9.78 Å². The minimum Gasteiger partial charge on any atom is -0.222 e.